The summed E-state index contributed by atoms with van der Waals surface area (Å²) in [4.78, 5) is 28.9. The minimum absolute atomic E-state index is 0.177. The largest absolute Gasteiger partial charge is 0.480 e. The molecular weight excluding hydrogens is 394 g/mol. The van der Waals surface area contributed by atoms with Crippen LogP contribution < -0.4 is 10.6 Å². The number of hydrogen-bond acceptors (Lipinski definition) is 5. The molecule has 30 heavy (non-hydrogen) atoms. The number of anilines is 1. The van der Waals surface area contributed by atoms with Crippen LogP contribution in [0.1, 0.15) is 50.3 Å². The van der Waals surface area contributed by atoms with Crippen molar-refractivity contribution in [2.45, 2.75) is 64.3 Å². The van der Waals surface area contributed by atoms with E-state index in [-0.39, 0.29) is 19.4 Å². The Labute approximate surface area is 176 Å². The fourth-order valence-corrected chi connectivity index (χ4v) is 3.58. The van der Waals surface area contributed by atoms with Gasteiger partial charge in [-0.25, -0.2) is 18.6 Å². The van der Waals surface area contributed by atoms with E-state index in [2.05, 4.69) is 21.7 Å². The molecule has 0 saturated heterocycles. The van der Waals surface area contributed by atoms with Gasteiger partial charge in [0.2, 0.25) is 12.3 Å². The highest BCUT2D eigenvalue weighted by Gasteiger charge is 2.20. The maximum Gasteiger partial charge on any atom is 0.326 e. The van der Waals surface area contributed by atoms with Crippen LogP contribution in [0.2, 0.25) is 0 Å². The summed E-state index contributed by atoms with van der Waals surface area (Å²) >= 11 is 0. The van der Waals surface area contributed by atoms with Gasteiger partial charge in [0.1, 0.15) is 11.9 Å². The van der Waals surface area contributed by atoms with Gasteiger partial charge in [0, 0.05) is 38.7 Å². The number of nitrogens with one attached hydrogen (secondary N) is 2. The number of carbonyl (C=O) groups excluding carboxylic acids is 1. The molecule has 0 bridgehead atoms. The van der Waals surface area contributed by atoms with Crippen LogP contribution in [-0.2, 0) is 22.4 Å². The Balaban J connectivity index is 1.80. The van der Waals surface area contributed by atoms with Gasteiger partial charge in [-0.15, -0.1) is 0 Å². The van der Waals surface area contributed by atoms with Crippen molar-refractivity contribution < 1.29 is 23.5 Å². The zero-order valence-electron chi connectivity index (χ0n) is 17.5. The van der Waals surface area contributed by atoms with Crippen molar-refractivity contribution in [2.24, 2.45) is 0 Å². The second-order valence-electron chi connectivity index (χ2n) is 7.70. The molecule has 0 radical (unpaired) electrons. The van der Waals surface area contributed by atoms with Crippen LogP contribution in [-0.4, -0.2) is 65.5 Å². The lowest BCUT2D eigenvalue weighted by Crippen LogP contribution is -2.42. The maximum atomic E-state index is 12.6. The van der Waals surface area contributed by atoms with E-state index in [0.29, 0.717) is 13.1 Å². The average Bonchev–Trinajstić information content (AvgIpc) is 2.70. The molecule has 0 aromatic carbocycles. The summed E-state index contributed by atoms with van der Waals surface area (Å²) in [5.74, 6) is -0.574. The number of carbonyl (C=O) groups is 2. The van der Waals surface area contributed by atoms with Crippen molar-refractivity contribution in [1.82, 2.24) is 15.2 Å². The molecule has 1 atom stereocenters. The van der Waals surface area contributed by atoms with Gasteiger partial charge in [0.25, 0.3) is 0 Å². The first-order valence-electron chi connectivity index (χ1n) is 10.6. The van der Waals surface area contributed by atoms with Crippen molar-refractivity contribution in [3.05, 3.63) is 23.4 Å². The summed E-state index contributed by atoms with van der Waals surface area (Å²) in [6.45, 7) is 3.34. The standard InChI is InChI=1S/C21H32F2N4O3/c1-15(28)25-18(21(29)30)9-13-27(14-10-19(22)23)12-3-2-6-17-8-7-16-5-4-11-24-20(16)26-17/h7-8,18-19H,2-6,9-14H2,1H3,(H,24,26)(H,25,28)(H,29,30). The number of fused-ring (bicyclic) bond motifs is 1. The van der Waals surface area contributed by atoms with Gasteiger partial charge < -0.3 is 20.6 Å². The zero-order valence-corrected chi connectivity index (χ0v) is 17.5. The molecule has 1 aromatic heterocycles. The lowest BCUT2D eigenvalue weighted by Gasteiger charge is -2.24. The van der Waals surface area contributed by atoms with Gasteiger partial charge in [0.15, 0.2) is 0 Å². The Kier molecular flexibility index (Phi) is 9.93. The molecule has 2 rings (SSSR count). The molecule has 1 aliphatic rings. The van der Waals surface area contributed by atoms with E-state index in [1.54, 1.807) is 0 Å². The molecule has 1 unspecified atom stereocenters. The number of amides is 1. The van der Waals surface area contributed by atoms with Crippen LogP contribution >= 0.6 is 0 Å². The number of rotatable bonds is 13. The van der Waals surface area contributed by atoms with Gasteiger partial charge >= 0.3 is 5.97 Å². The van der Waals surface area contributed by atoms with E-state index in [0.717, 1.165) is 50.2 Å². The van der Waals surface area contributed by atoms with E-state index in [1.165, 1.54) is 12.5 Å². The van der Waals surface area contributed by atoms with Crippen LogP contribution in [0.15, 0.2) is 12.1 Å². The summed E-state index contributed by atoms with van der Waals surface area (Å²) < 4.78 is 25.3. The molecule has 1 amide bonds. The van der Waals surface area contributed by atoms with E-state index in [1.807, 2.05) is 11.0 Å². The molecule has 0 fully saturated rings. The molecule has 1 aliphatic heterocycles. The Bertz CT molecular complexity index is 703. The second-order valence-corrected chi connectivity index (χ2v) is 7.70. The van der Waals surface area contributed by atoms with Crippen molar-refractivity contribution in [3.63, 3.8) is 0 Å². The lowest BCUT2D eigenvalue weighted by molar-refractivity contribution is -0.141. The molecule has 3 N–H and O–H groups in total. The number of carboxylic acid groups (broad SMARTS) is 1. The van der Waals surface area contributed by atoms with Crippen LogP contribution in [0, 0.1) is 0 Å². The SMILES string of the molecule is CC(=O)NC(CCN(CCCCc1ccc2c(n1)NCCC2)CCC(F)F)C(=O)O. The van der Waals surface area contributed by atoms with Gasteiger partial charge in [0.05, 0.1) is 0 Å². The third-order valence-corrected chi connectivity index (χ3v) is 5.18. The number of aryl methyl sites for hydroxylation is 2. The number of hydrogen-bond donors (Lipinski definition) is 3. The van der Waals surface area contributed by atoms with Crippen LogP contribution in [0.3, 0.4) is 0 Å². The Hall–Kier alpha value is -2.29. The van der Waals surface area contributed by atoms with Gasteiger partial charge in [-0.1, -0.05) is 6.07 Å². The molecule has 0 aliphatic carbocycles. The Morgan fingerprint density at radius 1 is 1.23 bits per heavy atom. The number of unbranched alkanes of at least 4 members (excludes halogenated alkanes) is 1. The highest BCUT2D eigenvalue weighted by atomic mass is 19.3. The number of alkyl halides is 2. The molecule has 0 spiro atoms. The van der Waals surface area contributed by atoms with E-state index < -0.39 is 24.3 Å². The smallest absolute Gasteiger partial charge is 0.326 e. The van der Waals surface area contributed by atoms with Crippen molar-refractivity contribution in [2.75, 3.05) is 31.5 Å². The third-order valence-electron chi connectivity index (χ3n) is 5.18. The molecular formula is C21H32F2N4O3. The molecule has 9 heteroatoms. The van der Waals surface area contributed by atoms with Crippen molar-refractivity contribution >= 4 is 17.7 Å². The number of halogens is 2. The lowest BCUT2D eigenvalue weighted by atomic mass is 10.1. The summed E-state index contributed by atoms with van der Waals surface area (Å²) in [6, 6.07) is 3.15. The zero-order chi connectivity index (χ0) is 21.9. The average molecular weight is 427 g/mol. The topological polar surface area (TPSA) is 94.6 Å². The fraction of sp³-hybridized carbons (Fsp3) is 0.667. The summed E-state index contributed by atoms with van der Waals surface area (Å²) in [6.07, 6.45) is 2.16. The number of aliphatic carboxylic acids is 1. The van der Waals surface area contributed by atoms with Gasteiger partial charge in [-0.3, -0.25) is 4.79 Å². The molecule has 0 saturated carbocycles. The summed E-state index contributed by atoms with van der Waals surface area (Å²) in [7, 11) is 0. The number of nitrogens with zero attached hydrogens (tertiary/aromatic N) is 2. The van der Waals surface area contributed by atoms with Gasteiger partial charge in [-0.05, 0) is 56.7 Å². The van der Waals surface area contributed by atoms with Crippen LogP contribution in [0.5, 0.6) is 0 Å². The van der Waals surface area contributed by atoms with E-state index >= 15 is 0 Å². The second kappa shape index (κ2) is 12.4. The third kappa shape index (κ3) is 8.61. The minimum atomic E-state index is -2.40. The fourth-order valence-electron chi connectivity index (χ4n) is 3.58. The minimum Gasteiger partial charge on any atom is -0.480 e. The normalized spacial score (nSPS) is 14.3. The molecule has 7 nitrogen and oxygen atoms in total. The number of carboxylic acids is 1. The molecule has 2 heterocycles. The highest BCUT2D eigenvalue weighted by Crippen LogP contribution is 2.20. The van der Waals surface area contributed by atoms with Crippen molar-refractivity contribution in [1.29, 1.82) is 0 Å². The highest BCUT2D eigenvalue weighted by molar-refractivity contribution is 5.82. The predicted octanol–water partition coefficient (Wildman–Crippen LogP) is 2.70. The first kappa shape index (κ1) is 24.0. The molecule has 1 aromatic rings. The first-order valence-corrected chi connectivity index (χ1v) is 10.6. The Morgan fingerprint density at radius 2 is 2.00 bits per heavy atom. The summed E-state index contributed by atoms with van der Waals surface area (Å²) in [5, 5.41) is 14.9. The quantitative estimate of drug-likeness (QED) is 0.420. The number of aromatic nitrogens is 1. The van der Waals surface area contributed by atoms with Crippen molar-refractivity contribution in [3.8, 4) is 0 Å². The maximum absolute atomic E-state index is 12.6. The summed E-state index contributed by atoms with van der Waals surface area (Å²) in [5.41, 5.74) is 2.26. The molecule has 168 valence electrons. The predicted molar refractivity (Wildman–Crippen MR) is 111 cm³/mol. The Morgan fingerprint density at radius 3 is 2.70 bits per heavy atom. The van der Waals surface area contributed by atoms with E-state index in [4.69, 9.17) is 0 Å². The first-order chi connectivity index (χ1) is 14.3. The van der Waals surface area contributed by atoms with Crippen LogP contribution in [0.4, 0.5) is 14.6 Å². The monoisotopic (exact) mass is 426 g/mol. The van der Waals surface area contributed by atoms with Gasteiger partial charge in [-0.2, -0.15) is 0 Å². The van der Waals surface area contributed by atoms with E-state index in [9.17, 15) is 23.5 Å². The number of pyridine rings is 1. The van der Waals surface area contributed by atoms with Crippen LogP contribution in [0.25, 0.3) is 0 Å².